The van der Waals surface area contributed by atoms with Gasteiger partial charge in [-0.15, -0.1) is 0 Å². The SMILES string of the molecule is N#CC1(C(=O)NCCn2ccnc2)CCCCC1. The van der Waals surface area contributed by atoms with Crippen LogP contribution in [0, 0.1) is 16.7 Å². The van der Waals surface area contributed by atoms with E-state index in [0.717, 1.165) is 19.3 Å². The summed E-state index contributed by atoms with van der Waals surface area (Å²) in [4.78, 5) is 16.1. The highest BCUT2D eigenvalue weighted by Gasteiger charge is 2.39. The molecule has 0 unspecified atom stereocenters. The van der Waals surface area contributed by atoms with E-state index in [1.807, 2.05) is 10.8 Å². The lowest BCUT2D eigenvalue weighted by molar-refractivity contribution is -0.129. The van der Waals surface area contributed by atoms with Crippen LogP contribution in [0.15, 0.2) is 18.7 Å². The van der Waals surface area contributed by atoms with Gasteiger partial charge in [-0.1, -0.05) is 19.3 Å². The molecule has 1 amide bonds. The van der Waals surface area contributed by atoms with E-state index in [0.29, 0.717) is 25.9 Å². The van der Waals surface area contributed by atoms with Crippen molar-refractivity contribution in [2.45, 2.75) is 38.6 Å². The average molecular weight is 246 g/mol. The van der Waals surface area contributed by atoms with Crippen molar-refractivity contribution in [2.75, 3.05) is 6.54 Å². The number of rotatable bonds is 4. The Morgan fingerprint density at radius 2 is 2.22 bits per heavy atom. The first-order chi connectivity index (χ1) is 8.77. The third-order valence-electron chi connectivity index (χ3n) is 3.57. The maximum absolute atomic E-state index is 12.1. The third kappa shape index (κ3) is 2.70. The van der Waals surface area contributed by atoms with Gasteiger partial charge in [0, 0.05) is 25.5 Å². The molecule has 18 heavy (non-hydrogen) atoms. The first-order valence-electron chi connectivity index (χ1n) is 6.42. The molecule has 1 fully saturated rings. The zero-order chi connectivity index (χ0) is 12.8. The van der Waals surface area contributed by atoms with Crippen LogP contribution in [0.5, 0.6) is 0 Å². The monoisotopic (exact) mass is 246 g/mol. The summed E-state index contributed by atoms with van der Waals surface area (Å²) < 4.78 is 1.90. The fourth-order valence-corrected chi connectivity index (χ4v) is 2.43. The van der Waals surface area contributed by atoms with Crippen LogP contribution in [-0.4, -0.2) is 22.0 Å². The molecule has 1 aromatic heterocycles. The molecule has 0 aliphatic heterocycles. The van der Waals surface area contributed by atoms with Crippen LogP contribution in [0.4, 0.5) is 0 Å². The first kappa shape index (κ1) is 12.6. The van der Waals surface area contributed by atoms with Crippen LogP contribution in [0.3, 0.4) is 0 Å². The highest BCUT2D eigenvalue weighted by Crippen LogP contribution is 2.35. The molecule has 96 valence electrons. The lowest BCUT2D eigenvalue weighted by Gasteiger charge is -2.29. The number of aromatic nitrogens is 2. The van der Waals surface area contributed by atoms with Gasteiger partial charge in [-0.05, 0) is 12.8 Å². The quantitative estimate of drug-likeness (QED) is 0.874. The average Bonchev–Trinajstić information content (AvgIpc) is 2.92. The Bertz CT molecular complexity index is 426. The number of nitrogens with one attached hydrogen (secondary N) is 1. The second kappa shape index (κ2) is 5.67. The van der Waals surface area contributed by atoms with Gasteiger partial charge < -0.3 is 9.88 Å². The number of nitrogens with zero attached hydrogens (tertiary/aromatic N) is 3. The molecule has 0 saturated heterocycles. The predicted octanol–water partition coefficient (Wildman–Crippen LogP) is 1.47. The molecule has 0 atom stereocenters. The summed E-state index contributed by atoms with van der Waals surface area (Å²) in [5, 5.41) is 12.1. The van der Waals surface area contributed by atoms with Crippen LogP contribution in [0.25, 0.3) is 0 Å². The molecule has 1 saturated carbocycles. The van der Waals surface area contributed by atoms with Gasteiger partial charge in [0.1, 0.15) is 5.41 Å². The molecule has 1 heterocycles. The largest absolute Gasteiger partial charge is 0.353 e. The fourth-order valence-electron chi connectivity index (χ4n) is 2.43. The summed E-state index contributed by atoms with van der Waals surface area (Å²) in [5.41, 5.74) is -0.785. The zero-order valence-electron chi connectivity index (χ0n) is 10.4. The molecule has 2 rings (SSSR count). The van der Waals surface area contributed by atoms with Crippen molar-refractivity contribution in [1.29, 1.82) is 5.26 Å². The molecule has 0 aromatic carbocycles. The van der Waals surface area contributed by atoms with Crippen LogP contribution in [0.1, 0.15) is 32.1 Å². The molecule has 1 aromatic rings. The second-order valence-electron chi connectivity index (χ2n) is 4.81. The van der Waals surface area contributed by atoms with Crippen LogP contribution >= 0.6 is 0 Å². The summed E-state index contributed by atoms with van der Waals surface area (Å²) >= 11 is 0. The van der Waals surface area contributed by atoms with E-state index in [-0.39, 0.29) is 5.91 Å². The number of hydrogen-bond acceptors (Lipinski definition) is 3. The maximum atomic E-state index is 12.1. The van der Waals surface area contributed by atoms with E-state index in [2.05, 4.69) is 16.4 Å². The predicted molar refractivity (Wildman–Crippen MR) is 66.4 cm³/mol. The molecule has 0 bridgehead atoms. The highest BCUT2D eigenvalue weighted by molar-refractivity contribution is 5.85. The summed E-state index contributed by atoms with van der Waals surface area (Å²) in [6.07, 6.45) is 9.75. The van der Waals surface area contributed by atoms with E-state index in [9.17, 15) is 10.1 Å². The van der Waals surface area contributed by atoms with Crippen LogP contribution < -0.4 is 5.32 Å². The van der Waals surface area contributed by atoms with E-state index in [1.165, 1.54) is 0 Å². The molecule has 5 heteroatoms. The van der Waals surface area contributed by atoms with Crippen LogP contribution in [0.2, 0.25) is 0 Å². The van der Waals surface area contributed by atoms with Gasteiger partial charge in [-0.2, -0.15) is 5.26 Å². The minimum Gasteiger partial charge on any atom is -0.353 e. The molecule has 1 aliphatic rings. The van der Waals surface area contributed by atoms with Crippen molar-refractivity contribution >= 4 is 5.91 Å². The minimum absolute atomic E-state index is 0.107. The normalized spacial score (nSPS) is 17.9. The smallest absolute Gasteiger partial charge is 0.240 e. The Hall–Kier alpha value is -1.83. The Kier molecular flexibility index (Phi) is 3.98. The second-order valence-corrected chi connectivity index (χ2v) is 4.81. The highest BCUT2D eigenvalue weighted by atomic mass is 16.2. The summed E-state index contributed by atoms with van der Waals surface area (Å²) in [6, 6.07) is 2.23. The number of imidazole rings is 1. The third-order valence-corrected chi connectivity index (χ3v) is 3.57. The fraction of sp³-hybridized carbons (Fsp3) is 0.615. The van der Waals surface area contributed by atoms with E-state index >= 15 is 0 Å². The van der Waals surface area contributed by atoms with Gasteiger partial charge >= 0.3 is 0 Å². The van der Waals surface area contributed by atoms with Crippen molar-refractivity contribution in [1.82, 2.24) is 14.9 Å². The molecule has 1 aliphatic carbocycles. The van der Waals surface area contributed by atoms with Gasteiger partial charge in [-0.25, -0.2) is 4.98 Å². The summed E-state index contributed by atoms with van der Waals surface area (Å²) in [5.74, 6) is -0.107. The molecular weight excluding hydrogens is 228 g/mol. The lowest BCUT2D eigenvalue weighted by Crippen LogP contribution is -2.42. The molecule has 0 spiro atoms. The number of carbonyl (C=O) groups is 1. The van der Waals surface area contributed by atoms with Gasteiger partial charge in [0.05, 0.1) is 12.4 Å². The van der Waals surface area contributed by atoms with E-state index in [4.69, 9.17) is 0 Å². The Balaban J connectivity index is 1.84. The van der Waals surface area contributed by atoms with Crippen molar-refractivity contribution in [3.8, 4) is 6.07 Å². The molecule has 1 N–H and O–H groups in total. The van der Waals surface area contributed by atoms with Crippen LogP contribution in [-0.2, 0) is 11.3 Å². The van der Waals surface area contributed by atoms with E-state index in [1.54, 1.807) is 12.5 Å². The maximum Gasteiger partial charge on any atom is 0.240 e. The number of hydrogen-bond donors (Lipinski definition) is 1. The number of amides is 1. The molecule has 5 nitrogen and oxygen atoms in total. The number of nitriles is 1. The Morgan fingerprint density at radius 3 is 2.83 bits per heavy atom. The van der Waals surface area contributed by atoms with Crippen molar-refractivity contribution in [2.24, 2.45) is 5.41 Å². The molecular formula is C13H18N4O. The molecule has 0 radical (unpaired) electrons. The van der Waals surface area contributed by atoms with Crippen molar-refractivity contribution < 1.29 is 4.79 Å². The van der Waals surface area contributed by atoms with Crippen molar-refractivity contribution in [3.63, 3.8) is 0 Å². The first-order valence-corrected chi connectivity index (χ1v) is 6.42. The topological polar surface area (TPSA) is 70.7 Å². The summed E-state index contributed by atoms with van der Waals surface area (Å²) in [7, 11) is 0. The standard InChI is InChI=1S/C13H18N4O/c14-10-13(4-2-1-3-5-13)12(18)16-7-9-17-8-6-15-11-17/h6,8,11H,1-5,7,9H2,(H,16,18). The van der Waals surface area contributed by atoms with Crippen molar-refractivity contribution in [3.05, 3.63) is 18.7 Å². The lowest BCUT2D eigenvalue weighted by atomic mass is 9.74. The number of carbonyl (C=O) groups excluding carboxylic acids is 1. The Labute approximate surface area is 107 Å². The van der Waals surface area contributed by atoms with Gasteiger partial charge in [0.15, 0.2) is 0 Å². The van der Waals surface area contributed by atoms with Gasteiger partial charge in [0.25, 0.3) is 0 Å². The van der Waals surface area contributed by atoms with E-state index < -0.39 is 5.41 Å². The zero-order valence-corrected chi connectivity index (χ0v) is 10.4. The van der Waals surface area contributed by atoms with Gasteiger partial charge in [-0.3, -0.25) is 4.79 Å². The van der Waals surface area contributed by atoms with Gasteiger partial charge in [0.2, 0.25) is 5.91 Å². The minimum atomic E-state index is -0.785. The Morgan fingerprint density at radius 1 is 1.44 bits per heavy atom. The summed E-state index contributed by atoms with van der Waals surface area (Å²) in [6.45, 7) is 1.23.